The molecule has 0 heterocycles. The van der Waals surface area contributed by atoms with Gasteiger partial charge >= 0.3 is 6.18 Å². The van der Waals surface area contributed by atoms with E-state index < -0.39 is 12.2 Å². The lowest BCUT2D eigenvalue weighted by molar-refractivity contribution is -0.158. The molecule has 1 aromatic rings. The van der Waals surface area contributed by atoms with Crippen LogP contribution in [0.25, 0.3) is 0 Å². The molecule has 0 amide bonds. The minimum Gasteiger partial charge on any atom is -0.302 e. The van der Waals surface area contributed by atoms with Gasteiger partial charge in [0.25, 0.3) is 0 Å². The molecule has 1 fully saturated rings. The fourth-order valence-corrected chi connectivity index (χ4v) is 2.22. The van der Waals surface area contributed by atoms with Crippen molar-refractivity contribution in [3.8, 4) is 0 Å². The molecule has 4 heteroatoms. The lowest BCUT2D eigenvalue weighted by Crippen LogP contribution is -2.37. The zero-order valence-electron chi connectivity index (χ0n) is 10.4. The molecule has 1 aliphatic carbocycles. The van der Waals surface area contributed by atoms with Crippen LogP contribution in [0.4, 0.5) is 13.2 Å². The highest BCUT2D eigenvalue weighted by atomic mass is 19.4. The first kappa shape index (κ1) is 13.4. The molecule has 1 saturated carbocycles. The lowest BCUT2D eigenvalue weighted by Gasteiger charge is -2.24. The maximum Gasteiger partial charge on any atom is 0.407 e. The van der Waals surface area contributed by atoms with Gasteiger partial charge in [0.1, 0.15) is 6.04 Å². The van der Waals surface area contributed by atoms with Crippen molar-refractivity contribution in [2.45, 2.75) is 38.4 Å². The highest BCUT2D eigenvalue weighted by molar-refractivity contribution is 5.20. The Morgan fingerprint density at radius 2 is 1.83 bits per heavy atom. The van der Waals surface area contributed by atoms with Gasteiger partial charge in [0, 0.05) is 6.54 Å². The van der Waals surface area contributed by atoms with Crippen molar-refractivity contribution in [2.24, 2.45) is 5.41 Å². The van der Waals surface area contributed by atoms with Crippen LogP contribution in [0.15, 0.2) is 30.3 Å². The zero-order chi connectivity index (χ0) is 13.2. The molecule has 1 unspecified atom stereocenters. The van der Waals surface area contributed by atoms with E-state index in [1.165, 1.54) is 12.1 Å². The summed E-state index contributed by atoms with van der Waals surface area (Å²) in [4.78, 5) is 0. The highest BCUT2D eigenvalue weighted by Crippen LogP contribution is 2.48. The summed E-state index contributed by atoms with van der Waals surface area (Å²) in [7, 11) is 0. The van der Waals surface area contributed by atoms with Crippen LogP contribution >= 0.6 is 0 Å². The lowest BCUT2D eigenvalue weighted by atomic mass is 10.0. The number of rotatable bonds is 5. The summed E-state index contributed by atoms with van der Waals surface area (Å²) >= 11 is 0. The number of hydrogen-bond donors (Lipinski definition) is 1. The van der Waals surface area contributed by atoms with Crippen LogP contribution in [0.3, 0.4) is 0 Å². The number of benzene rings is 1. The minimum atomic E-state index is -4.24. The number of hydrogen-bond acceptors (Lipinski definition) is 1. The highest BCUT2D eigenvalue weighted by Gasteiger charge is 2.45. The zero-order valence-corrected chi connectivity index (χ0v) is 10.4. The largest absolute Gasteiger partial charge is 0.407 e. The second-order valence-corrected chi connectivity index (χ2v) is 5.12. The molecule has 1 nitrogen and oxygen atoms in total. The molecule has 0 bridgehead atoms. The Labute approximate surface area is 105 Å². The molecule has 0 saturated heterocycles. The summed E-state index contributed by atoms with van der Waals surface area (Å²) in [6.07, 6.45) is -1.23. The van der Waals surface area contributed by atoms with E-state index in [1.54, 1.807) is 18.2 Å². The second-order valence-electron chi connectivity index (χ2n) is 5.12. The molecule has 0 aliphatic heterocycles. The molecule has 2 rings (SSSR count). The SMILES string of the molecule is CCC1(CNC(c2ccccc2)C(F)(F)F)CC1. The van der Waals surface area contributed by atoms with E-state index in [9.17, 15) is 13.2 Å². The van der Waals surface area contributed by atoms with Crippen molar-refractivity contribution in [3.05, 3.63) is 35.9 Å². The molecular weight excluding hydrogens is 239 g/mol. The average molecular weight is 257 g/mol. The van der Waals surface area contributed by atoms with E-state index in [-0.39, 0.29) is 11.0 Å². The van der Waals surface area contributed by atoms with Gasteiger partial charge in [-0.15, -0.1) is 0 Å². The van der Waals surface area contributed by atoms with Gasteiger partial charge < -0.3 is 5.32 Å². The third-order valence-corrected chi connectivity index (χ3v) is 3.85. The van der Waals surface area contributed by atoms with E-state index in [2.05, 4.69) is 5.32 Å². The van der Waals surface area contributed by atoms with Gasteiger partial charge in [0.2, 0.25) is 0 Å². The van der Waals surface area contributed by atoms with Crippen LogP contribution < -0.4 is 5.32 Å². The van der Waals surface area contributed by atoms with E-state index >= 15 is 0 Å². The summed E-state index contributed by atoms with van der Waals surface area (Å²) < 4.78 is 39.1. The Kier molecular flexibility index (Phi) is 3.66. The van der Waals surface area contributed by atoms with Crippen LogP contribution in [-0.4, -0.2) is 12.7 Å². The number of nitrogens with one attached hydrogen (secondary N) is 1. The van der Waals surface area contributed by atoms with Crippen molar-refractivity contribution in [1.82, 2.24) is 5.32 Å². The molecular formula is C14H18F3N. The summed E-state index contributed by atoms with van der Waals surface area (Å²) in [5.41, 5.74) is 0.398. The fraction of sp³-hybridized carbons (Fsp3) is 0.571. The molecule has 100 valence electrons. The third-order valence-electron chi connectivity index (χ3n) is 3.85. The van der Waals surface area contributed by atoms with Gasteiger partial charge in [-0.05, 0) is 30.2 Å². The maximum absolute atomic E-state index is 13.0. The van der Waals surface area contributed by atoms with Crippen molar-refractivity contribution in [3.63, 3.8) is 0 Å². The minimum absolute atomic E-state index is 0.109. The summed E-state index contributed by atoms with van der Waals surface area (Å²) in [6, 6.07) is 6.51. The molecule has 18 heavy (non-hydrogen) atoms. The van der Waals surface area contributed by atoms with Crippen molar-refractivity contribution in [2.75, 3.05) is 6.54 Å². The summed E-state index contributed by atoms with van der Waals surface area (Å²) in [5.74, 6) is 0. The van der Waals surface area contributed by atoms with Crippen molar-refractivity contribution >= 4 is 0 Å². The topological polar surface area (TPSA) is 12.0 Å². The van der Waals surface area contributed by atoms with Crippen molar-refractivity contribution in [1.29, 1.82) is 0 Å². The molecule has 1 atom stereocenters. The standard InChI is InChI=1S/C14H18F3N/c1-2-13(8-9-13)10-18-12(14(15,16)17)11-6-4-3-5-7-11/h3-7,12,18H,2,8-10H2,1H3. The first-order valence-electron chi connectivity index (χ1n) is 6.32. The molecule has 1 aliphatic rings. The molecule has 1 aromatic carbocycles. The first-order valence-corrected chi connectivity index (χ1v) is 6.32. The van der Waals surface area contributed by atoms with E-state index in [0.717, 1.165) is 19.3 Å². The number of halogens is 3. The normalized spacial score (nSPS) is 19.6. The van der Waals surface area contributed by atoms with Crippen molar-refractivity contribution < 1.29 is 13.2 Å². The molecule has 0 radical (unpaired) electrons. The van der Waals surface area contributed by atoms with Crippen LogP contribution in [0.2, 0.25) is 0 Å². The smallest absolute Gasteiger partial charge is 0.302 e. The van der Waals surface area contributed by atoms with Gasteiger partial charge in [0.15, 0.2) is 0 Å². The van der Waals surface area contributed by atoms with E-state index in [4.69, 9.17) is 0 Å². The number of alkyl halides is 3. The Bertz CT molecular complexity index is 382. The predicted molar refractivity (Wildman–Crippen MR) is 65.2 cm³/mol. The quantitative estimate of drug-likeness (QED) is 0.838. The van der Waals surface area contributed by atoms with E-state index in [0.29, 0.717) is 6.54 Å². The van der Waals surface area contributed by atoms with Crippen LogP contribution in [-0.2, 0) is 0 Å². The summed E-state index contributed by atoms with van der Waals surface area (Å²) in [5, 5.41) is 2.70. The van der Waals surface area contributed by atoms with Gasteiger partial charge in [-0.25, -0.2) is 0 Å². The predicted octanol–water partition coefficient (Wildman–Crippen LogP) is 4.07. The van der Waals surface area contributed by atoms with E-state index in [1.807, 2.05) is 6.92 Å². The molecule has 0 aromatic heterocycles. The van der Waals surface area contributed by atoms with Crippen LogP contribution in [0.5, 0.6) is 0 Å². The Morgan fingerprint density at radius 1 is 1.22 bits per heavy atom. The second kappa shape index (κ2) is 4.92. The Morgan fingerprint density at radius 3 is 2.28 bits per heavy atom. The molecule has 1 N–H and O–H groups in total. The van der Waals surface area contributed by atoms with Gasteiger partial charge in [-0.2, -0.15) is 13.2 Å². The Balaban J connectivity index is 2.07. The first-order chi connectivity index (χ1) is 8.47. The monoisotopic (exact) mass is 257 g/mol. The van der Waals surface area contributed by atoms with Gasteiger partial charge in [0.05, 0.1) is 0 Å². The van der Waals surface area contributed by atoms with Gasteiger partial charge in [-0.1, -0.05) is 37.3 Å². The average Bonchev–Trinajstić information content (AvgIpc) is 3.10. The maximum atomic E-state index is 13.0. The fourth-order valence-electron chi connectivity index (χ4n) is 2.22. The molecule has 0 spiro atoms. The van der Waals surface area contributed by atoms with Gasteiger partial charge in [-0.3, -0.25) is 0 Å². The summed E-state index contributed by atoms with van der Waals surface area (Å²) in [6.45, 7) is 2.49. The van der Waals surface area contributed by atoms with Crippen LogP contribution in [0.1, 0.15) is 37.8 Å². The Hall–Kier alpha value is -1.03. The van der Waals surface area contributed by atoms with Crippen LogP contribution in [0, 0.1) is 5.41 Å². The third kappa shape index (κ3) is 3.05.